The van der Waals surface area contributed by atoms with E-state index in [1.165, 1.54) is 5.57 Å². The first kappa shape index (κ1) is 26.3. The molecule has 0 amide bonds. The summed E-state index contributed by atoms with van der Waals surface area (Å²) in [5.41, 5.74) is 2.40. The molecule has 1 aliphatic heterocycles. The Morgan fingerprint density at radius 1 is 0.968 bits per heavy atom. The van der Waals surface area contributed by atoms with Gasteiger partial charge in [-0.2, -0.15) is 0 Å². The SMILES string of the molecule is CC1=C(O[Si](C(C)C)(C(C)C)C(C)C)CC[C@](C)(C=O)[C@@H]1/C=C/C1COC(C)(C)OC1. The molecule has 0 saturated carbocycles. The molecule has 1 heterocycles. The normalized spacial score (nSPS) is 28.2. The van der Waals surface area contributed by atoms with Gasteiger partial charge in [0.15, 0.2) is 5.79 Å². The molecule has 0 radical (unpaired) electrons. The largest absolute Gasteiger partial charge is 0.546 e. The van der Waals surface area contributed by atoms with Gasteiger partial charge in [-0.25, -0.2) is 0 Å². The van der Waals surface area contributed by atoms with Gasteiger partial charge in [0.1, 0.15) is 6.29 Å². The fourth-order valence-corrected chi connectivity index (χ4v) is 11.1. The highest BCUT2D eigenvalue weighted by Crippen LogP contribution is 2.49. The van der Waals surface area contributed by atoms with Crippen molar-refractivity contribution in [3.8, 4) is 0 Å². The van der Waals surface area contributed by atoms with Gasteiger partial charge in [-0.1, -0.05) is 60.6 Å². The molecule has 31 heavy (non-hydrogen) atoms. The zero-order valence-corrected chi connectivity index (χ0v) is 22.6. The highest BCUT2D eigenvalue weighted by molar-refractivity contribution is 6.77. The molecule has 5 heteroatoms. The maximum absolute atomic E-state index is 12.2. The second-order valence-electron chi connectivity index (χ2n) is 11.3. The van der Waals surface area contributed by atoms with Crippen molar-refractivity contribution in [3.63, 3.8) is 0 Å². The third kappa shape index (κ3) is 5.54. The topological polar surface area (TPSA) is 44.8 Å². The number of carbonyl (C=O) groups excluding carboxylic acids is 1. The van der Waals surface area contributed by atoms with Gasteiger partial charge in [-0.05, 0) is 49.4 Å². The van der Waals surface area contributed by atoms with E-state index in [1.807, 2.05) is 13.8 Å². The van der Waals surface area contributed by atoms with Crippen molar-refractivity contribution < 1.29 is 18.7 Å². The lowest BCUT2D eigenvalue weighted by atomic mass is 9.67. The first-order valence-electron chi connectivity index (χ1n) is 12.1. The van der Waals surface area contributed by atoms with Crippen LogP contribution in [0.25, 0.3) is 0 Å². The van der Waals surface area contributed by atoms with E-state index < -0.39 is 19.5 Å². The number of ether oxygens (including phenoxy) is 2. The molecular formula is C26H46O4Si. The van der Waals surface area contributed by atoms with Crippen LogP contribution in [0, 0.1) is 17.3 Å². The predicted octanol–water partition coefficient (Wildman–Crippen LogP) is 7.02. The predicted molar refractivity (Wildman–Crippen MR) is 130 cm³/mol. The van der Waals surface area contributed by atoms with Crippen molar-refractivity contribution in [2.75, 3.05) is 13.2 Å². The Morgan fingerprint density at radius 2 is 1.48 bits per heavy atom. The van der Waals surface area contributed by atoms with Crippen LogP contribution in [0.4, 0.5) is 0 Å². The van der Waals surface area contributed by atoms with E-state index in [0.717, 1.165) is 24.9 Å². The van der Waals surface area contributed by atoms with Crippen LogP contribution in [0.1, 0.15) is 82.1 Å². The van der Waals surface area contributed by atoms with Crippen LogP contribution in [0.2, 0.25) is 16.6 Å². The van der Waals surface area contributed by atoms with E-state index in [-0.39, 0.29) is 11.8 Å². The molecule has 2 atom stereocenters. The molecule has 2 rings (SSSR count). The number of rotatable bonds is 8. The Labute approximate surface area is 191 Å². The summed E-state index contributed by atoms with van der Waals surface area (Å²) in [6.45, 7) is 23.4. The maximum atomic E-state index is 12.2. The van der Waals surface area contributed by atoms with Crippen molar-refractivity contribution in [2.24, 2.45) is 17.3 Å². The molecule has 0 aromatic carbocycles. The van der Waals surface area contributed by atoms with Gasteiger partial charge >= 0.3 is 0 Å². The smallest absolute Gasteiger partial charge is 0.258 e. The summed E-state index contributed by atoms with van der Waals surface area (Å²) in [7, 11) is -2.02. The lowest BCUT2D eigenvalue weighted by molar-refractivity contribution is -0.256. The van der Waals surface area contributed by atoms with Crippen molar-refractivity contribution in [1.29, 1.82) is 0 Å². The fraction of sp³-hybridized carbons (Fsp3) is 0.808. The Hall–Kier alpha value is -0.913. The zero-order valence-electron chi connectivity index (χ0n) is 21.6. The monoisotopic (exact) mass is 450 g/mol. The van der Waals surface area contributed by atoms with E-state index in [2.05, 4.69) is 67.5 Å². The first-order chi connectivity index (χ1) is 14.3. The third-order valence-electron chi connectivity index (χ3n) is 7.65. The molecule has 1 saturated heterocycles. The minimum Gasteiger partial charge on any atom is -0.546 e. The number of carbonyl (C=O) groups is 1. The molecule has 2 aliphatic rings. The van der Waals surface area contributed by atoms with Crippen LogP contribution in [-0.4, -0.2) is 33.6 Å². The van der Waals surface area contributed by atoms with Gasteiger partial charge in [0.2, 0.25) is 0 Å². The van der Waals surface area contributed by atoms with E-state index in [0.29, 0.717) is 29.8 Å². The van der Waals surface area contributed by atoms with Gasteiger partial charge in [0.05, 0.1) is 19.0 Å². The highest BCUT2D eigenvalue weighted by Gasteiger charge is 2.49. The van der Waals surface area contributed by atoms with Crippen LogP contribution in [0.15, 0.2) is 23.5 Å². The summed E-state index contributed by atoms with van der Waals surface area (Å²) < 4.78 is 18.7. The lowest BCUT2D eigenvalue weighted by Crippen LogP contribution is -2.48. The second kappa shape index (κ2) is 9.92. The lowest BCUT2D eigenvalue weighted by Gasteiger charge is -2.46. The standard InChI is InChI=1S/C26H46O4Si/c1-18(2)31(19(3)4,20(5)6)30-24-13-14-26(10,17-27)23(21(24)7)12-11-22-15-28-25(8,9)29-16-22/h11-12,17-20,22-23H,13-16H2,1-10H3/b12-11+/t23-,26-/m1/s1. The van der Waals surface area contributed by atoms with Crippen molar-refractivity contribution in [1.82, 2.24) is 0 Å². The van der Waals surface area contributed by atoms with E-state index in [9.17, 15) is 4.79 Å². The van der Waals surface area contributed by atoms with Crippen molar-refractivity contribution >= 4 is 14.6 Å². The molecule has 0 N–H and O–H groups in total. The summed E-state index contributed by atoms with van der Waals surface area (Å²) in [6, 6.07) is 0. The van der Waals surface area contributed by atoms with Gasteiger partial charge in [-0.3, -0.25) is 0 Å². The van der Waals surface area contributed by atoms with Crippen LogP contribution >= 0.6 is 0 Å². The number of allylic oxidation sites excluding steroid dienone is 3. The van der Waals surface area contributed by atoms with Gasteiger partial charge in [-0.15, -0.1) is 0 Å². The molecule has 0 bridgehead atoms. The van der Waals surface area contributed by atoms with Gasteiger partial charge in [0.25, 0.3) is 8.32 Å². The van der Waals surface area contributed by atoms with Crippen LogP contribution in [0.3, 0.4) is 0 Å². The third-order valence-corrected chi connectivity index (χ3v) is 13.7. The summed E-state index contributed by atoms with van der Waals surface area (Å²) in [4.78, 5) is 12.2. The minimum absolute atomic E-state index is 0.0434. The van der Waals surface area contributed by atoms with E-state index >= 15 is 0 Å². The Balaban J connectivity index is 2.35. The molecule has 0 unspecified atom stereocenters. The maximum Gasteiger partial charge on any atom is 0.258 e. The van der Waals surface area contributed by atoms with Gasteiger partial charge < -0.3 is 18.7 Å². The minimum atomic E-state index is -2.02. The van der Waals surface area contributed by atoms with Gasteiger partial charge in [0, 0.05) is 23.7 Å². The number of aldehydes is 1. The Morgan fingerprint density at radius 3 is 1.94 bits per heavy atom. The summed E-state index contributed by atoms with van der Waals surface area (Å²) in [5.74, 6) is 0.872. The highest BCUT2D eigenvalue weighted by atomic mass is 28.4. The molecule has 4 nitrogen and oxygen atoms in total. The number of hydrogen-bond donors (Lipinski definition) is 0. The first-order valence-corrected chi connectivity index (χ1v) is 14.2. The average Bonchev–Trinajstić information content (AvgIpc) is 2.67. The van der Waals surface area contributed by atoms with Crippen LogP contribution in [0.5, 0.6) is 0 Å². The molecule has 1 aliphatic carbocycles. The Bertz CT molecular complexity index is 660. The molecule has 178 valence electrons. The van der Waals surface area contributed by atoms with Crippen LogP contribution in [-0.2, 0) is 18.7 Å². The van der Waals surface area contributed by atoms with Crippen molar-refractivity contribution in [2.45, 2.75) is 104 Å². The zero-order chi connectivity index (χ0) is 23.6. The molecule has 0 aromatic rings. The summed E-state index contributed by atoms with van der Waals surface area (Å²) in [6.07, 6.45) is 7.21. The second-order valence-corrected chi connectivity index (χ2v) is 16.7. The average molecular weight is 451 g/mol. The molecule has 0 spiro atoms. The Kier molecular flexibility index (Phi) is 8.43. The van der Waals surface area contributed by atoms with Crippen molar-refractivity contribution in [3.05, 3.63) is 23.5 Å². The van der Waals surface area contributed by atoms with E-state index in [4.69, 9.17) is 13.9 Å². The summed E-state index contributed by atoms with van der Waals surface area (Å²) >= 11 is 0. The van der Waals surface area contributed by atoms with E-state index in [1.54, 1.807) is 0 Å². The quantitative estimate of drug-likeness (QED) is 0.226. The number of hydrogen-bond acceptors (Lipinski definition) is 4. The fourth-order valence-electron chi connectivity index (χ4n) is 5.68. The molecular weight excluding hydrogens is 404 g/mol. The summed E-state index contributed by atoms with van der Waals surface area (Å²) in [5, 5.41) is 0. The van der Waals surface area contributed by atoms with Crippen LogP contribution < -0.4 is 0 Å². The molecule has 0 aromatic heterocycles. The molecule has 1 fully saturated rings.